The van der Waals surface area contributed by atoms with Crippen LogP contribution in [0.2, 0.25) is 0 Å². The van der Waals surface area contributed by atoms with Crippen LogP contribution in [0.5, 0.6) is 11.5 Å². The fraction of sp³-hybridized carbons (Fsp3) is 0.500. The minimum atomic E-state index is 0.224. The smallest absolute Gasteiger partial charge is 0.160 e. The Morgan fingerprint density at radius 3 is 2.67 bits per heavy atom. The third kappa shape index (κ3) is 2.07. The Labute approximate surface area is 90.1 Å². The Morgan fingerprint density at radius 2 is 2.20 bits per heavy atom. The molecule has 0 atom stereocenters. The standard InChI is InChI=1S/C12H17NO2/c1-13-12(5-6-12)8-9-3-4-11(15-2)10(14)7-9/h3-4,7,13-14H,5-6,8H2,1-2H3. The van der Waals surface area contributed by atoms with Gasteiger partial charge in [-0.15, -0.1) is 0 Å². The van der Waals surface area contributed by atoms with Crippen molar-refractivity contribution in [3.8, 4) is 11.5 Å². The lowest BCUT2D eigenvalue weighted by Crippen LogP contribution is -2.29. The summed E-state index contributed by atoms with van der Waals surface area (Å²) in [6.07, 6.45) is 3.41. The van der Waals surface area contributed by atoms with Gasteiger partial charge in [-0.3, -0.25) is 0 Å². The summed E-state index contributed by atoms with van der Waals surface area (Å²) in [5.41, 5.74) is 1.43. The molecule has 3 heteroatoms. The molecular formula is C12H17NO2. The van der Waals surface area contributed by atoms with E-state index in [9.17, 15) is 5.11 Å². The topological polar surface area (TPSA) is 41.5 Å². The molecule has 0 aliphatic heterocycles. The fourth-order valence-electron chi connectivity index (χ4n) is 1.90. The van der Waals surface area contributed by atoms with Crippen LogP contribution in [0.4, 0.5) is 0 Å². The van der Waals surface area contributed by atoms with E-state index >= 15 is 0 Å². The molecule has 0 amide bonds. The first-order chi connectivity index (χ1) is 7.19. The second-order valence-electron chi connectivity index (χ2n) is 4.21. The molecule has 2 N–H and O–H groups in total. The molecule has 0 spiro atoms. The summed E-state index contributed by atoms with van der Waals surface area (Å²) < 4.78 is 5.01. The Balaban J connectivity index is 2.13. The molecule has 0 unspecified atom stereocenters. The van der Waals surface area contributed by atoms with E-state index in [4.69, 9.17) is 4.74 Å². The first-order valence-electron chi connectivity index (χ1n) is 5.24. The van der Waals surface area contributed by atoms with Gasteiger partial charge in [-0.2, -0.15) is 0 Å². The van der Waals surface area contributed by atoms with E-state index in [0.717, 1.165) is 12.0 Å². The number of nitrogens with one attached hydrogen (secondary N) is 1. The maximum Gasteiger partial charge on any atom is 0.160 e. The molecule has 3 nitrogen and oxygen atoms in total. The van der Waals surface area contributed by atoms with Crippen LogP contribution in [0, 0.1) is 0 Å². The highest BCUT2D eigenvalue weighted by atomic mass is 16.5. The maximum absolute atomic E-state index is 9.64. The number of aromatic hydroxyl groups is 1. The van der Waals surface area contributed by atoms with Gasteiger partial charge in [0.2, 0.25) is 0 Å². The van der Waals surface area contributed by atoms with Crippen LogP contribution in [0.15, 0.2) is 18.2 Å². The van der Waals surface area contributed by atoms with Gasteiger partial charge in [0.25, 0.3) is 0 Å². The summed E-state index contributed by atoms with van der Waals surface area (Å²) in [6.45, 7) is 0. The summed E-state index contributed by atoms with van der Waals surface area (Å²) in [4.78, 5) is 0. The Hall–Kier alpha value is -1.22. The van der Waals surface area contributed by atoms with Crippen LogP contribution in [0.25, 0.3) is 0 Å². The number of hydrogen-bond acceptors (Lipinski definition) is 3. The molecule has 1 saturated carbocycles. The van der Waals surface area contributed by atoms with Crippen molar-refractivity contribution < 1.29 is 9.84 Å². The van der Waals surface area contributed by atoms with Crippen LogP contribution in [-0.2, 0) is 6.42 Å². The van der Waals surface area contributed by atoms with Crippen LogP contribution < -0.4 is 10.1 Å². The van der Waals surface area contributed by atoms with Gasteiger partial charge in [0.1, 0.15) is 0 Å². The molecule has 0 aromatic heterocycles. The van der Waals surface area contributed by atoms with Crippen molar-refractivity contribution in [2.75, 3.05) is 14.2 Å². The quantitative estimate of drug-likeness (QED) is 0.789. The van der Waals surface area contributed by atoms with Gasteiger partial charge in [-0.25, -0.2) is 0 Å². The van der Waals surface area contributed by atoms with Gasteiger partial charge < -0.3 is 15.2 Å². The Bertz CT molecular complexity index is 359. The first-order valence-corrected chi connectivity index (χ1v) is 5.24. The van der Waals surface area contributed by atoms with Crippen LogP contribution >= 0.6 is 0 Å². The first kappa shape index (κ1) is 10.3. The lowest BCUT2D eigenvalue weighted by atomic mass is 10.0. The number of methoxy groups -OCH3 is 1. The van der Waals surface area contributed by atoms with Gasteiger partial charge in [-0.05, 0) is 44.0 Å². The number of benzene rings is 1. The van der Waals surface area contributed by atoms with E-state index in [-0.39, 0.29) is 11.3 Å². The molecule has 15 heavy (non-hydrogen) atoms. The third-order valence-corrected chi connectivity index (χ3v) is 3.17. The third-order valence-electron chi connectivity index (χ3n) is 3.17. The Kier molecular flexibility index (Phi) is 2.57. The maximum atomic E-state index is 9.64. The zero-order chi connectivity index (χ0) is 10.9. The second-order valence-corrected chi connectivity index (χ2v) is 4.21. The summed E-state index contributed by atoms with van der Waals surface area (Å²) >= 11 is 0. The summed E-state index contributed by atoms with van der Waals surface area (Å²) in [6, 6.07) is 5.61. The van der Waals surface area contributed by atoms with Gasteiger partial charge in [0.05, 0.1) is 7.11 Å². The van der Waals surface area contributed by atoms with Crippen LogP contribution in [0.3, 0.4) is 0 Å². The number of hydrogen-bond donors (Lipinski definition) is 2. The van der Waals surface area contributed by atoms with Crippen LogP contribution in [0.1, 0.15) is 18.4 Å². The lowest BCUT2D eigenvalue weighted by Gasteiger charge is -2.14. The second kappa shape index (κ2) is 3.74. The van der Waals surface area contributed by atoms with Crippen molar-refractivity contribution in [1.82, 2.24) is 5.32 Å². The molecule has 1 aliphatic rings. The number of likely N-dealkylation sites (N-methyl/N-ethyl adjacent to an activating group) is 1. The minimum absolute atomic E-state index is 0.224. The molecule has 0 heterocycles. The van der Waals surface area contributed by atoms with Crippen molar-refractivity contribution in [3.63, 3.8) is 0 Å². The molecule has 0 radical (unpaired) electrons. The van der Waals surface area contributed by atoms with Crippen molar-refractivity contribution in [1.29, 1.82) is 0 Å². The average molecular weight is 207 g/mol. The molecule has 2 rings (SSSR count). The largest absolute Gasteiger partial charge is 0.504 e. The normalized spacial score (nSPS) is 17.5. The molecule has 1 aromatic carbocycles. The van der Waals surface area contributed by atoms with Gasteiger partial charge in [-0.1, -0.05) is 6.07 Å². The lowest BCUT2D eigenvalue weighted by molar-refractivity contribution is 0.372. The molecule has 1 fully saturated rings. The van der Waals surface area contributed by atoms with E-state index in [0.29, 0.717) is 5.75 Å². The summed E-state index contributed by atoms with van der Waals surface area (Å²) in [7, 11) is 3.56. The van der Waals surface area contributed by atoms with Crippen LogP contribution in [-0.4, -0.2) is 24.8 Å². The SMILES string of the molecule is CNC1(Cc2ccc(OC)c(O)c2)CC1. The minimum Gasteiger partial charge on any atom is -0.504 e. The number of phenolic OH excluding ortho intramolecular Hbond substituents is 1. The predicted molar refractivity (Wildman–Crippen MR) is 59.4 cm³/mol. The van der Waals surface area contributed by atoms with Gasteiger partial charge in [0.15, 0.2) is 11.5 Å². The predicted octanol–water partition coefficient (Wildman–Crippen LogP) is 1.70. The van der Waals surface area contributed by atoms with E-state index in [2.05, 4.69) is 5.32 Å². The van der Waals surface area contributed by atoms with Gasteiger partial charge in [0, 0.05) is 5.54 Å². The highest BCUT2D eigenvalue weighted by Crippen LogP contribution is 2.39. The highest BCUT2D eigenvalue weighted by molar-refractivity contribution is 5.42. The van der Waals surface area contributed by atoms with Crippen molar-refractivity contribution >= 4 is 0 Å². The number of ether oxygens (including phenoxy) is 1. The summed E-state index contributed by atoms with van der Waals surface area (Å²) in [5, 5.41) is 13.0. The molecular weight excluding hydrogens is 190 g/mol. The van der Waals surface area contributed by atoms with E-state index in [1.54, 1.807) is 13.2 Å². The average Bonchev–Trinajstić information content (AvgIpc) is 2.99. The number of rotatable bonds is 4. The molecule has 1 aromatic rings. The van der Waals surface area contributed by atoms with Crippen molar-refractivity contribution in [2.45, 2.75) is 24.8 Å². The molecule has 0 bridgehead atoms. The van der Waals surface area contributed by atoms with Crippen molar-refractivity contribution in [3.05, 3.63) is 23.8 Å². The number of phenols is 1. The van der Waals surface area contributed by atoms with Gasteiger partial charge >= 0.3 is 0 Å². The van der Waals surface area contributed by atoms with E-state index < -0.39 is 0 Å². The van der Waals surface area contributed by atoms with E-state index in [1.807, 2.05) is 19.2 Å². The van der Waals surface area contributed by atoms with Crippen molar-refractivity contribution in [2.24, 2.45) is 0 Å². The molecule has 1 aliphatic carbocycles. The van der Waals surface area contributed by atoms with E-state index in [1.165, 1.54) is 12.8 Å². The highest BCUT2D eigenvalue weighted by Gasteiger charge is 2.40. The monoisotopic (exact) mass is 207 g/mol. The molecule has 0 saturated heterocycles. The summed E-state index contributed by atoms with van der Waals surface area (Å²) in [5.74, 6) is 0.759. The zero-order valence-electron chi connectivity index (χ0n) is 9.21. The Morgan fingerprint density at radius 1 is 1.47 bits per heavy atom. The fourth-order valence-corrected chi connectivity index (χ4v) is 1.90. The molecule has 82 valence electrons. The zero-order valence-corrected chi connectivity index (χ0v) is 9.21.